The molecule has 1 N–H and O–H groups in total. The zero-order valence-corrected chi connectivity index (χ0v) is 10.0. The van der Waals surface area contributed by atoms with Gasteiger partial charge in [-0.05, 0) is 52.3 Å². The minimum atomic E-state index is 0.230. The molecule has 2 aromatic rings. The van der Waals surface area contributed by atoms with Gasteiger partial charge < -0.3 is 9.84 Å². The molecule has 1 aromatic heterocycles. The summed E-state index contributed by atoms with van der Waals surface area (Å²) in [6.07, 6.45) is 0. The van der Waals surface area contributed by atoms with Crippen LogP contribution in [0.2, 0.25) is 0 Å². The summed E-state index contributed by atoms with van der Waals surface area (Å²) in [7, 11) is 0. The Labute approximate surface area is 102 Å². The molecule has 0 atom stereocenters. The third-order valence-electron chi connectivity index (χ3n) is 2.00. The van der Waals surface area contributed by atoms with Crippen LogP contribution in [0.15, 0.2) is 47.1 Å². The molecular weight excluding hydrogens is 270 g/mol. The molecule has 3 nitrogen and oxygen atoms in total. The maximum atomic E-state index is 9.10. The van der Waals surface area contributed by atoms with Gasteiger partial charge in [0.05, 0.1) is 5.69 Å². The van der Waals surface area contributed by atoms with E-state index in [1.807, 2.05) is 18.2 Å². The number of aromatic nitrogens is 1. The average Bonchev–Trinajstić information content (AvgIpc) is 2.28. The first kappa shape index (κ1) is 11.0. The van der Waals surface area contributed by atoms with Crippen LogP contribution in [0.1, 0.15) is 5.69 Å². The first-order valence-electron chi connectivity index (χ1n) is 4.77. The van der Waals surface area contributed by atoms with Crippen LogP contribution in [-0.4, -0.2) is 10.1 Å². The lowest BCUT2D eigenvalue weighted by Crippen LogP contribution is -1.97. The largest absolute Gasteiger partial charge is 0.508 e. The van der Waals surface area contributed by atoms with Crippen molar-refractivity contribution >= 4 is 15.9 Å². The molecule has 0 saturated carbocycles. The van der Waals surface area contributed by atoms with Crippen molar-refractivity contribution in [3.05, 3.63) is 52.8 Å². The van der Waals surface area contributed by atoms with Crippen LogP contribution in [0, 0.1) is 0 Å². The lowest BCUT2D eigenvalue weighted by atomic mass is 10.3. The van der Waals surface area contributed by atoms with Crippen molar-refractivity contribution in [1.82, 2.24) is 4.98 Å². The number of rotatable bonds is 3. The second kappa shape index (κ2) is 4.99. The Kier molecular flexibility index (Phi) is 3.41. The Balaban J connectivity index is 1.99. The van der Waals surface area contributed by atoms with E-state index >= 15 is 0 Å². The number of phenolic OH excluding ortho intramolecular Hbond substituents is 1. The lowest BCUT2D eigenvalue weighted by molar-refractivity contribution is 0.300. The normalized spacial score (nSPS) is 10.1. The molecule has 0 aliphatic rings. The average molecular weight is 280 g/mol. The molecule has 0 radical (unpaired) electrons. The quantitative estimate of drug-likeness (QED) is 0.878. The van der Waals surface area contributed by atoms with Gasteiger partial charge in [-0.25, -0.2) is 4.98 Å². The van der Waals surface area contributed by atoms with Crippen molar-refractivity contribution in [2.75, 3.05) is 0 Å². The summed E-state index contributed by atoms with van der Waals surface area (Å²) in [6, 6.07) is 12.3. The fourth-order valence-corrected chi connectivity index (χ4v) is 1.61. The maximum Gasteiger partial charge on any atom is 0.130 e. The summed E-state index contributed by atoms with van der Waals surface area (Å²) in [6.45, 7) is 0.407. The highest BCUT2D eigenvalue weighted by Gasteiger charge is 1.98. The Morgan fingerprint density at radius 3 is 2.56 bits per heavy atom. The Bertz CT molecular complexity index is 471. The molecule has 1 heterocycles. The molecule has 0 spiro atoms. The zero-order chi connectivity index (χ0) is 11.4. The van der Waals surface area contributed by atoms with Gasteiger partial charge in [0.25, 0.3) is 0 Å². The summed E-state index contributed by atoms with van der Waals surface area (Å²) in [4.78, 5) is 4.25. The van der Waals surface area contributed by atoms with Crippen LogP contribution in [0.3, 0.4) is 0 Å². The Morgan fingerprint density at radius 2 is 1.88 bits per heavy atom. The molecule has 0 aliphatic heterocycles. The summed E-state index contributed by atoms with van der Waals surface area (Å²) in [5, 5.41) is 9.10. The van der Waals surface area contributed by atoms with Gasteiger partial charge in [0.1, 0.15) is 22.7 Å². The number of phenols is 1. The highest BCUT2D eigenvalue weighted by atomic mass is 79.9. The number of hydrogen-bond donors (Lipinski definition) is 1. The number of ether oxygens (including phenoxy) is 1. The van der Waals surface area contributed by atoms with Crippen molar-refractivity contribution in [3.8, 4) is 11.5 Å². The molecule has 2 rings (SSSR count). The molecule has 0 bridgehead atoms. The number of halogens is 1. The van der Waals surface area contributed by atoms with Gasteiger partial charge in [-0.1, -0.05) is 6.07 Å². The van der Waals surface area contributed by atoms with Crippen molar-refractivity contribution in [3.63, 3.8) is 0 Å². The molecule has 0 unspecified atom stereocenters. The molecule has 0 aliphatic carbocycles. The van der Waals surface area contributed by atoms with Gasteiger partial charge in [0, 0.05) is 0 Å². The Hall–Kier alpha value is -1.55. The van der Waals surface area contributed by atoms with Gasteiger partial charge >= 0.3 is 0 Å². The first-order valence-corrected chi connectivity index (χ1v) is 5.56. The summed E-state index contributed by atoms with van der Waals surface area (Å²) >= 11 is 3.30. The molecule has 16 heavy (non-hydrogen) atoms. The van der Waals surface area contributed by atoms with E-state index in [9.17, 15) is 0 Å². The van der Waals surface area contributed by atoms with Crippen molar-refractivity contribution in [2.45, 2.75) is 6.61 Å². The van der Waals surface area contributed by atoms with E-state index < -0.39 is 0 Å². The molecule has 4 heteroatoms. The van der Waals surface area contributed by atoms with E-state index in [0.29, 0.717) is 12.4 Å². The van der Waals surface area contributed by atoms with Crippen LogP contribution in [0.25, 0.3) is 0 Å². The standard InChI is InChI=1S/C12H10BrNO2/c13-12-3-1-2-9(14-12)8-16-11-6-4-10(15)5-7-11/h1-7,15H,8H2. The molecule has 82 valence electrons. The van der Waals surface area contributed by atoms with E-state index in [4.69, 9.17) is 9.84 Å². The number of benzene rings is 1. The predicted octanol–water partition coefficient (Wildman–Crippen LogP) is 3.13. The van der Waals surface area contributed by atoms with Crippen LogP contribution in [0.4, 0.5) is 0 Å². The minimum absolute atomic E-state index is 0.230. The van der Waals surface area contributed by atoms with Crippen molar-refractivity contribution in [2.24, 2.45) is 0 Å². The molecular formula is C12H10BrNO2. The van der Waals surface area contributed by atoms with Gasteiger partial charge in [0.2, 0.25) is 0 Å². The first-order chi connectivity index (χ1) is 7.74. The number of hydrogen-bond acceptors (Lipinski definition) is 3. The summed E-state index contributed by atoms with van der Waals surface area (Å²) in [5.74, 6) is 0.938. The second-order valence-corrected chi connectivity index (χ2v) is 4.05. The summed E-state index contributed by atoms with van der Waals surface area (Å²) < 4.78 is 6.30. The van der Waals surface area contributed by atoms with E-state index in [1.54, 1.807) is 24.3 Å². The fourth-order valence-electron chi connectivity index (χ4n) is 1.23. The van der Waals surface area contributed by atoms with Crippen LogP contribution in [-0.2, 0) is 6.61 Å². The lowest BCUT2D eigenvalue weighted by Gasteiger charge is -2.05. The monoisotopic (exact) mass is 279 g/mol. The smallest absolute Gasteiger partial charge is 0.130 e. The van der Waals surface area contributed by atoms with E-state index in [1.165, 1.54) is 0 Å². The zero-order valence-electron chi connectivity index (χ0n) is 8.43. The number of aromatic hydroxyl groups is 1. The maximum absolute atomic E-state index is 9.10. The number of pyridine rings is 1. The molecule has 1 aromatic carbocycles. The van der Waals surface area contributed by atoms with Gasteiger partial charge in [-0.2, -0.15) is 0 Å². The van der Waals surface area contributed by atoms with Gasteiger partial charge in [0.15, 0.2) is 0 Å². The molecule has 0 saturated heterocycles. The Morgan fingerprint density at radius 1 is 1.12 bits per heavy atom. The van der Waals surface area contributed by atoms with Crippen LogP contribution < -0.4 is 4.74 Å². The van der Waals surface area contributed by atoms with Gasteiger partial charge in [-0.15, -0.1) is 0 Å². The number of nitrogens with zero attached hydrogens (tertiary/aromatic N) is 1. The third-order valence-corrected chi connectivity index (χ3v) is 2.44. The highest BCUT2D eigenvalue weighted by Crippen LogP contribution is 2.17. The molecule has 0 fully saturated rings. The van der Waals surface area contributed by atoms with E-state index in [0.717, 1.165) is 10.3 Å². The van der Waals surface area contributed by atoms with Crippen molar-refractivity contribution in [1.29, 1.82) is 0 Å². The van der Waals surface area contributed by atoms with E-state index in [-0.39, 0.29) is 5.75 Å². The SMILES string of the molecule is Oc1ccc(OCc2cccc(Br)n2)cc1. The van der Waals surface area contributed by atoms with Crippen LogP contribution in [0.5, 0.6) is 11.5 Å². The minimum Gasteiger partial charge on any atom is -0.508 e. The predicted molar refractivity (Wildman–Crippen MR) is 64.4 cm³/mol. The second-order valence-electron chi connectivity index (χ2n) is 3.23. The summed E-state index contributed by atoms with van der Waals surface area (Å²) in [5.41, 5.74) is 0.849. The fraction of sp³-hybridized carbons (Fsp3) is 0.0833. The molecule has 0 amide bonds. The third kappa shape index (κ3) is 2.97. The van der Waals surface area contributed by atoms with E-state index in [2.05, 4.69) is 20.9 Å². The van der Waals surface area contributed by atoms with Gasteiger partial charge in [-0.3, -0.25) is 0 Å². The highest BCUT2D eigenvalue weighted by molar-refractivity contribution is 9.10. The topological polar surface area (TPSA) is 42.4 Å². The van der Waals surface area contributed by atoms with Crippen LogP contribution >= 0.6 is 15.9 Å². The van der Waals surface area contributed by atoms with Crippen molar-refractivity contribution < 1.29 is 9.84 Å².